The number of benzene rings is 3. The van der Waals surface area contributed by atoms with Gasteiger partial charge in [0.1, 0.15) is 41.2 Å². The topological polar surface area (TPSA) is 91.6 Å². The lowest BCUT2D eigenvalue weighted by molar-refractivity contribution is 0.107. The maximum absolute atomic E-state index is 17.7. The summed E-state index contributed by atoms with van der Waals surface area (Å²) in [4.78, 5) is 13.9. The molecule has 51 heavy (non-hydrogen) atoms. The van der Waals surface area contributed by atoms with E-state index in [9.17, 15) is 9.50 Å². The van der Waals surface area contributed by atoms with Gasteiger partial charge >= 0.3 is 6.01 Å². The van der Waals surface area contributed by atoms with Crippen LogP contribution in [0.25, 0.3) is 43.7 Å². The third-order valence-electron chi connectivity index (χ3n) is 11.3. The molecule has 5 aromatic rings. The van der Waals surface area contributed by atoms with Crippen LogP contribution in [-0.4, -0.2) is 79.8 Å². The van der Waals surface area contributed by atoms with Gasteiger partial charge in [0.15, 0.2) is 5.82 Å². The molecule has 0 aliphatic carbocycles. The number of terminal acetylenes is 1. The fraction of sp³-hybridized carbons (Fsp3) is 0.410. The van der Waals surface area contributed by atoms with E-state index in [1.807, 2.05) is 0 Å². The van der Waals surface area contributed by atoms with Crippen LogP contribution in [0, 0.1) is 24.0 Å². The Balaban J connectivity index is 1.40. The highest BCUT2D eigenvalue weighted by molar-refractivity contribution is 6.18. The molecule has 2 aromatic heterocycles. The number of hydrogen-bond donors (Lipinski definition) is 2. The third kappa shape index (κ3) is 5.24. The van der Waals surface area contributed by atoms with Gasteiger partial charge in [0.25, 0.3) is 0 Å². The number of piperazine rings is 1. The van der Waals surface area contributed by atoms with Crippen LogP contribution >= 0.6 is 0 Å². The molecule has 0 radical (unpaired) electrons. The van der Waals surface area contributed by atoms with Crippen molar-refractivity contribution >= 4 is 38.4 Å². The number of phenolic OH excluding ortho intramolecular Hbond substituents is 1. The van der Waals surface area contributed by atoms with E-state index in [1.165, 1.54) is 24.3 Å². The highest BCUT2D eigenvalue weighted by Gasteiger charge is 2.49. The van der Waals surface area contributed by atoms with Crippen molar-refractivity contribution in [3.05, 3.63) is 59.9 Å². The van der Waals surface area contributed by atoms with Gasteiger partial charge in [-0.2, -0.15) is 15.1 Å². The minimum absolute atomic E-state index is 0.00881. The summed E-state index contributed by atoms with van der Waals surface area (Å²) in [6, 6.07) is 5.52. The molecular formula is C39H40F3N7O2. The van der Waals surface area contributed by atoms with Crippen molar-refractivity contribution in [2.45, 2.75) is 63.2 Å². The minimum atomic E-state index is -0.946. The van der Waals surface area contributed by atoms with Crippen LogP contribution < -0.4 is 15.0 Å². The van der Waals surface area contributed by atoms with E-state index in [4.69, 9.17) is 26.2 Å². The third-order valence-corrected chi connectivity index (χ3v) is 11.3. The molecule has 3 saturated heterocycles. The minimum Gasteiger partial charge on any atom is -0.508 e. The highest BCUT2D eigenvalue weighted by atomic mass is 19.1. The maximum Gasteiger partial charge on any atom is 0.319 e. The van der Waals surface area contributed by atoms with Crippen molar-refractivity contribution in [1.29, 1.82) is 0 Å². The summed E-state index contributed by atoms with van der Waals surface area (Å²) in [6.45, 7) is 10.8. The van der Waals surface area contributed by atoms with Crippen LogP contribution in [0.5, 0.6) is 11.8 Å². The van der Waals surface area contributed by atoms with Crippen molar-refractivity contribution in [2.24, 2.45) is 7.05 Å². The fourth-order valence-corrected chi connectivity index (χ4v) is 8.77. The molecule has 2 atom stereocenters. The Kier molecular flexibility index (Phi) is 7.83. The predicted octanol–water partition coefficient (Wildman–Crippen LogP) is 6.74. The van der Waals surface area contributed by atoms with Crippen LogP contribution in [0.4, 0.5) is 19.0 Å². The molecule has 9 nitrogen and oxygen atoms in total. The van der Waals surface area contributed by atoms with E-state index in [2.05, 4.69) is 41.5 Å². The normalized spacial score (nSPS) is 21.8. The number of halogens is 3. The van der Waals surface area contributed by atoms with Crippen LogP contribution in [0.1, 0.15) is 51.5 Å². The number of aromatic hydroxyl groups is 1. The SMILES string of the molecule is C#Cc1c(F)ccc2cc(O)cc(-c3c(F)c4nc(OC[C@@]56CCCN5C[C@H](F)C6)nc(N5CC(=C)NC(CC)(CC)C5)c4c4cn(C)nc34)c12. The standard InChI is InChI=1S/C39H40F3N7O2/c1-6-26-29(41)11-10-23-14-25(50)15-27(30(23)26)31-33(42)35-32(28-19-47(5)46-34(28)31)36(48-17-22(4)45-38(7-2,8-3)20-48)44-37(43-35)51-21-39-12-9-13-49(39)18-24(40)16-39/h1,10-11,14-15,19,24,45,50H,4,7-9,12-13,16-18,20-21H2,2-3,5H3/t24-,39+/m1/s1. The molecular weight excluding hydrogens is 655 g/mol. The molecule has 5 heterocycles. The molecule has 0 spiro atoms. The van der Waals surface area contributed by atoms with Gasteiger partial charge in [-0.1, -0.05) is 32.4 Å². The van der Waals surface area contributed by atoms with Crippen molar-refractivity contribution in [3.8, 4) is 35.2 Å². The van der Waals surface area contributed by atoms with Gasteiger partial charge in [0.05, 0.1) is 28.6 Å². The number of hydrogen-bond acceptors (Lipinski definition) is 8. The molecule has 8 rings (SSSR count). The van der Waals surface area contributed by atoms with E-state index in [0.717, 1.165) is 37.9 Å². The molecule has 3 fully saturated rings. The van der Waals surface area contributed by atoms with Gasteiger partial charge in [-0.25, -0.2) is 13.2 Å². The number of nitrogens with one attached hydrogen (secondary N) is 1. The van der Waals surface area contributed by atoms with E-state index in [-0.39, 0.29) is 57.0 Å². The molecule has 0 saturated carbocycles. The van der Waals surface area contributed by atoms with E-state index >= 15 is 8.78 Å². The molecule has 12 heteroatoms. The second-order valence-electron chi connectivity index (χ2n) is 14.4. The number of aromatic nitrogens is 4. The van der Waals surface area contributed by atoms with E-state index in [1.54, 1.807) is 17.9 Å². The number of nitrogens with zero attached hydrogens (tertiary/aromatic N) is 6. The lowest BCUT2D eigenvalue weighted by Gasteiger charge is -2.45. The Morgan fingerprint density at radius 3 is 2.73 bits per heavy atom. The largest absolute Gasteiger partial charge is 0.508 e. The van der Waals surface area contributed by atoms with Crippen molar-refractivity contribution in [3.63, 3.8) is 0 Å². The molecule has 0 unspecified atom stereocenters. The Morgan fingerprint density at radius 2 is 1.96 bits per heavy atom. The molecule has 264 valence electrons. The zero-order valence-corrected chi connectivity index (χ0v) is 29.0. The second-order valence-corrected chi connectivity index (χ2v) is 14.4. The number of anilines is 1. The van der Waals surface area contributed by atoms with Gasteiger partial charge in [-0.15, -0.1) is 6.42 Å². The predicted molar refractivity (Wildman–Crippen MR) is 193 cm³/mol. The Bertz CT molecular complexity index is 2290. The van der Waals surface area contributed by atoms with Gasteiger partial charge in [-0.3, -0.25) is 9.58 Å². The highest BCUT2D eigenvalue weighted by Crippen LogP contribution is 2.46. The monoisotopic (exact) mass is 695 g/mol. The van der Waals surface area contributed by atoms with E-state index < -0.39 is 23.3 Å². The van der Waals surface area contributed by atoms with Crippen molar-refractivity contribution < 1.29 is 23.0 Å². The number of rotatable bonds is 7. The van der Waals surface area contributed by atoms with Gasteiger partial charge in [0, 0.05) is 54.8 Å². The summed E-state index contributed by atoms with van der Waals surface area (Å²) in [5, 5.41) is 20.8. The molecule has 0 bridgehead atoms. The zero-order valence-electron chi connectivity index (χ0n) is 29.0. The quantitative estimate of drug-likeness (QED) is 0.181. The summed E-state index contributed by atoms with van der Waals surface area (Å²) in [6.07, 6.45) is 10.3. The van der Waals surface area contributed by atoms with Gasteiger partial charge < -0.3 is 20.1 Å². The second kappa shape index (κ2) is 12.0. The first-order valence-electron chi connectivity index (χ1n) is 17.5. The fourth-order valence-electron chi connectivity index (χ4n) is 8.77. The Labute approximate surface area is 294 Å². The average Bonchev–Trinajstić information content (AvgIpc) is 3.77. The van der Waals surface area contributed by atoms with Crippen molar-refractivity contribution in [1.82, 2.24) is 30.0 Å². The van der Waals surface area contributed by atoms with E-state index in [0.29, 0.717) is 48.0 Å². The number of fused-ring (bicyclic) bond motifs is 5. The number of phenols is 1. The molecule has 3 aromatic carbocycles. The van der Waals surface area contributed by atoms with Crippen LogP contribution in [0.3, 0.4) is 0 Å². The molecule has 3 aliphatic heterocycles. The molecule has 2 N–H and O–H groups in total. The maximum atomic E-state index is 17.7. The first-order chi connectivity index (χ1) is 24.5. The average molecular weight is 696 g/mol. The molecule has 3 aliphatic rings. The Hall–Kier alpha value is -5.02. The first kappa shape index (κ1) is 33.1. The smallest absolute Gasteiger partial charge is 0.319 e. The summed E-state index contributed by atoms with van der Waals surface area (Å²) < 4.78 is 55.5. The summed E-state index contributed by atoms with van der Waals surface area (Å²) in [5.74, 6) is 1.33. The zero-order chi connectivity index (χ0) is 35.8. The van der Waals surface area contributed by atoms with Gasteiger partial charge in [0.2, 0.25) is 0 Å². The summed E-state index contributed by atoms with van der Waals surface area (Å²) in [7, 11) is 1.73. The number of ether oxygens (including phenoxy) is 1. The first-order valence-corrected chi connectivity index (χ1v) is 17.5. The van der Waals surface area contributed by atoms with Crippen LogP contribution in [0.15, 0.2) is 42.7 Å². The molecule has 0 amide bonds. The van der Waals surface area contributed by atoms with Crippen LogP contribution in [0.2, 0.25) is 0 Å². The lowest BCUT2D eigenvalue weighted by atomic mass is 9.89. The number of alkyl halides is 1. The Morgan fingerprint density at radius 1 is 1.16 bits per heavy atom. The number of aryl methyl sites for hydroxylation is 1. The lowest BCUT2D eigenvalue weighted by Crippen LogP contribution is -2.58. The summed E-state index contributed by atoms with van der Waals surface area (Å²) in [5.41, 5.74) is 0.383. The van der Waals surface area contributed by atoms with Gasteiger partial charge in [-0.05, 0) is 61.4 Å². The van der Waals surface area contributed by atoms with Crippen molar-refractivity contribution in [2.75, 3.05) is 37.7 Å². The van der Waals surface area contributed by atoms with Crippen LogP contribution in [-0.2, 0) is 7.05 Å². The summed E-state index contributed by atoms with van der Waals surface area (Å²) >= 11 is 0.